The van der Waals surface area contributed by atoms with Crippen LogP contribution in [0.1, 0.15) is 12.8 Å². The highest BCUT2D eigenvalue weighted by atomic mass is 16.5. The van der Waals surface area contributed by atoms with E-state index in [-0.39, 0.29) is 12.1 Å². The van der Waals surface area contributed by atoms with E-state index in [1.54, 1.807) is 0 Å². The summed E-state index contributed by atoms with van der Waals surface area (Å²) >= 11 is 0. The lowest BCUT2D eigenvalue weighted by Crippen LogP contribution is -2.61. The molecule has 2 saturated heterocycles. The summed E-state index contributed by atoms with van der Waals surface area (Å²) in [5, 5.41) is 2.82. The maximum absolute atomic E-state index is 11.6. The molecule has 0 spiro atoms. The van der Waals surface area contributed by atoms with Crippen LogP contribution in [0.15, 0.2) is 0 Å². The van der Waals surface area contributed by atoms with Crippen molar-refractivity contribution in [2.75, 3.05) is 19.8 Å². The number of hydrogen-bond donors (Lipinski definition) is 2. The Morgan fingerprint density at radius 1 is 1.40 bits per heavy atom. The Morgan fingerprint density at radius 3 is 2.67 bits per heavy atom. The average molecular weight is 213 g/mol. The molecule has 2 rings (SSSR count). The normalized spacial score (nSPS) is 29.7. The molecule has 0 aromatic heterocycles. The van der Waals surface area contributed by atoms with Gasteiger partial charge in [-0.2, -0.15) is 0 Å². The fraction of sp³-hybridized carbons (Fsp3) is 0.778. The lowest BCUT2D eigenvalue weighted by atomic mass is 10.0. The first kappa shape index (κ1) is 10.2. The third-order valence-corrected chi connectivity index (χ3v) is 2.87. The number of nitrogens with zero attached hydrogens (tertiary/aromatic N) is 1. The van der Waals surface area contributed by atoms with Crippen LogP contribution >= 0.6 is 0 Å². The molecule has 6 heteroatoms. The molecule has 0 aliphatic carbocycles. The van der Waals surface area contributed by atoms with Crippen LogP contribution < -0.4 is 11.1 Å². The van der Waals surface area contributed by atoms with Gasteiger partial charge in [-0.15, -0.1) is 0 Å². The number of rotatable bonds is 2. The number of likely N-dealkylation sites (tertiary alicyclic amines) is 1. The number of carbonyl (C=O) groups excluding carboxylic acids is 2. The minimum Gasteiger partial charge on any atom is -0.379 e. The summed E-state index contributed by atoms with van der Waals surface area (Å²) in [7, 11) is 0. The zero-order valence-corrected chi connectivity index (χ0v) is 8.44. The number of nitrogens with two attached hydrogens (primary N) is 1. The van der Waals surface area contributed by atoms with Gasteiger partial charge in [-0.3, -0.25) is 4.79 Å². The van der Waals surface area contributed by atoms with Gasteiger partial charge >= 0.3 is 6.03 Å². The summed E-state index contributed by atoms with van der Waals surface area (Å²) in [6, 6.07) is -0.556. The second-order valence-corrected chi connectivity index (χ2v) is 3.91. The van der Waals surface area contributed by atoms with Crippen LogP contribution in [-0.2, 0) is 9.53 Å². The molecule has 2 heterocycles. The van der Waals surface area contributed by atoms with Gasteiger partial charge in [0.15, 0.2) is 0 Å². The Hall–Kier alpha value is -1.30. The molecule has 2 aliphatic rings. The summed E-state index contributed by atoms with van der Waals surface area (Å²) in [4.78, 5) is 24.0. The summed E-state index contributed by atoms with van der Waals surface area (Å²) in [6.07, 6.45) is 1.50. The molecular formula is C9H15N3O3. The highest BCUT2D eigenvalue weighted by molar-refractivity contribution is 5.87. The Balaban J connectivity index is 1.82. The number of hydrogen-bond acceptors (Lipinski definition) is 3. The Labute approximate surface area is 87.7 Å². The van der Waals surface area contributed by atoms with Gasteiger partial charge in [0.2, 0.25) is 5.91 Å². The second kappa shape index (κ2) is 4.06. The van der Waals surface area contributed by atoms with Crippen molar-refractivity contribution in [1.29, 1.82) is 0 Å². The van der Waals surface area contributed by atoms with Gasteiger partial charge in [0.25, 0.3) is 0 Å². The third-order valence-electron chi connectivity index (χ3n) is 2.87. The van der Waals surface area contributed by atoms with Gasteiger partial charge in [-0.05, 0) is 12.8 Å². The molecule has 0 saturated carbocycles. The van der Waals surface area contributed by atoms with Crippen molar-refractivity contribution in [3.05, 3.63) is 0 Å². The van der Waals surface area contributed by atoms with Crippen LogP contribution in [0.3, 0.4) is 0 Å². The lowest BCUT2D eigenvalue weighted by Gasteiger charge is -2.39. The van der Waals surface area contributed by atoms with E-state index in [1.165, 1.54) is 4.90 Å². The van der Waals surface area contributed by atoms with Crippen LogP contribution in [0.4, 0.5) is 4.79 Å². The van der Waals surface area contributed by atoms with Crippen molar-refractivity contribution in [2.24, 2.45) is 5.73 Å². The smallest absolute Gasteiger partial charge is 0.318 e. The molecular weight excluding hydrogens is 198 g/mol. The van der Waals surface area contributed by atoms with E-state index < -0.39 is 11.9 Å². The molecule has 0 aromatic rings. The zero-order chi connectivity index (χ0) is 10.8. The zero-order valence-electron chi connectivity index (χ0n) is 8.44. The number of carbonyl (C=O) groups is 2. The molecule has 3 amide bonds. The minimum atomic E-state index is -0.431. The van der Waals surface area contributed by atoms with Gasteiger partial charge in [0.1, 0.15) is 6.04 Å². The van der Waals surface area contributed by atoms with Crippen molar-refractivity contribution in [3.8, 4) is 0 Å². The predicted octanol–water partition coefficient (Wildman–Crippen LogP) is -0.955. The fourth-order valence-corrected chi connectivity index (χ4v) is 1.83. The highest BCUT2D eigenvalue weighted by Crippen LogP contribution is 2.17. The van der Waals surface area contributed by atoms with Crippen LogP contribution in [0, 0.1) is 0 Å². The van der Waals surface area contributed by atoms with E-state index in [4.69, 9.17) is 10.5 Å². The first-order valence-electron chi connectivity index (χ1n) is 5.12. The van der Waals surface area contributed by atoms with E-state index in [9.17, 15) is 9.59 Å². The van der Waals surface area contributed by atoms with Crippen molar-refractivity contribution in [2.45, 2.75) is 24.9 Å². The van der Waals surface area contributed by atoms with Crippen molar-refractivity contribution in [1.82, 2.24) is 10.2 Å². The Morgan fingerprint density at radius 2 is 2.20 bits per heavy atom. The Kier molecular flexibility index (Phi) is 2.77. The topological polar surface area (TPSA) is 84.7 Å². The first-order valence-corrected chi connectivity index (χ1v) is 5.12. The van der Waals surface area contributed by atoms with Crippen LogP contribution in [-0.4, -0.2) is 48.7 Å². The summed E-state index contributed by atoms with van der Waals surface area (Å²) in [6.45, 7) is 1.85. The molecule has 2 atom stereocenters. The highest BCUT2D eigenvalue weighted by Gasteiger charge is 2.37. The van der Waals surface area contributed by atoms with E-state index >= 15 is 0 Å². The molecule has 15 heavy (non-hydrogen) atoms. The van der Waals surface area contributed by atoms with Gasteiger partial charge in [-0.25, -0.2) is 4.79 Å². The maximum atomic E-state index is 11.6. The SMILES string of the molecule is NC(=O)C1CCN1C(=O)NC1CCOC1. The molecule has 3 N–H and O–H groups in total. The Bertz CT molecular complexity index is 276. The van der Waals surface area contributed by atoms with Crippen LogP contribution in [0.25, 0.3) is 0 Å². The number of nitrogens with one attached hydrogen (secondary N) is 1. The quantitative estimate of drug-likeness (QED) is 0.620. The van der Waals surface area contributed by atoms with Gasteiger partial charge in [-0.1, -0.05) is 0 Å². The standard InChI is InChI=1S/C9H15N3O3/c10-8(13)7-1-3-12(7)9(14)11-6-2-4-15-5-6/h6-7H,1-5H2,(H2,10,13)(H,11,14). The maximum Gasteiger partial charge on any atom is 0.318 e. The molecule has 2 aliphatic heterocycles. The monoisotopic (exact) mass is 213 g/mol. The third kappa shape index (κ3) is 2.04. The van der Waals surface area contributed by atoms with Crippen molar-refractivity contribution in [3.63, 3.8) is 0 Å². The largest absolute Gasteiger partial charge is 0.379 e. The van der Waals surface area contributed by atoms with Crippen LogP contribution in [0.2, 0.25) is 0 Å². The molecule has 0 bridgehead atoms. The number of primary amides is 1. The van der Waals surface area contributed by atoms with Crippen molar-refractivity contribution >= 4 is 11.9 Å². The summed E-state index contributed by atoms with van der Waals surface area (Å²) in [5.41, 5.74) is 5.15. The van der Waals surface area contributed by atoms with E-state index in [1.807, 2.05) is 0 Å². The molecule has 84 valence electrons. The minimum absolute atomic E-state index is 0.0756. The molecule has 2 fully saturated rings. The number of urea groups is 1. The summed E-state index contributed by atoms with van der Waals surface area (Å²) in [5.74, 6) is -0.431. The molecule has 2 unspecified atom stereocenters. The van der Waals surface area contributed by atoms with Gasteiger partial charge < -0.3 is 20.7 Å². The molecule has 6 nitrogen and oxygen atoms in total. The van der Waals surface area contributed by atoms with Gasteiger partial charge in [0, 0.05) is 13.2 Å². The average Bonchev–Trinajstić information content (AvgIpc) is 2.52. The first-order chi connectivity index (χ1) is 7.18. The van der Waals surface area contributed by atoms with E-state index in [2.05, 4.69) is 5.32 Å². The predicted molar refractivity (Wildman–Crippen MR) is 52.1 cm³/mol. The second-order valence-electron chi connectivity index (χ2n) is 3.91. The number of amides is 3. The van der Waals surface area contributed by atoms with Crippen LogP contribution in [0.5, 0.6) is 0 Å². The summed E-state index contributed by atoms with van der Waals surface area (Å²) < 4.78 is 5.14. The van der Waals surface area contributed by atoms with Gasteiger partial charge in [0.05, 0.1) is 12.6 Å². The van der Waals surface area contributed by atoms with E-state index in [0.29, 0.717) is 26.2 Å². The number of ether oxygens (including phenoxy) is 1. The van der Waals surface area contributed by atoms with Crippen molar-refractivity contribution < 1.29 is 14.3 Å². The lowest BCUT2D eigenvalue weighted by molar-refractivity contribution is -0.125. The van der Waals surface area contributed by atoms with E-state index in [0.717, 1.165) is 6.42 Å². The fourth-order valence-electron chi connectivity index (χ4n) is 1.83. The molecule has 0 radical (unpaired) electrons. The molecule has 0 aromatic carbocycles.